The minimum absolute atomic E-state index is 0.377. The first-order valence-corrected chi connectivity index (χ1v) is 7.72. The number of carboxylic acid groups (broad SMARTS) is 1. The third-order valence-electron chi connectivity index (χ3n) is 3.10. The quantitative estimate of drug-likeness (QED) is 0.778. The highest BCUT2D eigenvalue weighted by molar-refractivity contribution is 7.98. The van der Waals surface area contributed by atoms with E-state index in [4.69, 9.17) is 0 Å². The summed E-state index contributed by atoms with van der Waals surface area (Å²) in [4.78, 5) is 14.5. The summed E-state index contributed by atoms with van der Waals surface area (Å²) in [5, 5.41) is 9.31. The predicted molar refractivity (Wildman–Crippen MR) is 80.6 cm³/mol. The standard InChI is InChI=1S/C15H23NO2S/c1-11(2)9-14(15(17)18)16(3)10-12-5-7-13(19-4)8-6-12/h5-8,11,14H,9-10H2,1-4H3,(H,17,18). The first-order chi connectivity index (χ1) is 8.93. The van der Waals surface area contributed by atoms with Gasteiger partial charge in [-0.25, -0.2) is 0 Å². The molecular formula is C15H23NO2S. The van der Waals surface area contributed by atoms with Crippen LogP contribution in [0.3, 0.4) is 0 Å². The van der Waals surface area contributed by atoms with E-state index in [1.807, 2.05) is 18.2 Å². The maximum absolute atomic E-state index is 11.3. The van der Waals surface area contributed by atoms with E-state index >= 15 is 0 Å². The van der Waals surface area contributed by atoms with E-state index in [9.17, 15) is 9.90 Å². The van der Waals surface area contributed by atoms with Crippen LogP contribution in [0.25, 0.3) is 0 Å². The highest BCUT2D eigenvalue weighted by Crippen LogP contribution is 2.17. The number of benzene rings is 1. The van der Waals surface area contributed by atoms with Crippen molar-refractivity contribution in [2.45, 2.75) is 37.8 Å². The van der Waals surface area contributed by atoms with E-state index in [2.05, 4.69) is 38.1 Å². The Hall–Kier alpha value is -1.00. The van der Waals surface area contributed by atoms with Crippen LogP contribution in [-0.4, -0.2) is 35.3 Å². The molecule has 0 aliphatic carbocycles. The van der Waals surface area contributed by atoms with Gasteiger partial charge in [0.05, 0.1) is 0 Å². The van der Waals surface area contributed by atoms with Crippen molar-refractivity contribution in [2.75, 3.05) is 13.3 Å². The van der Waals surface area contributed by atoms with E-state index in [1.54, 1.807) is 11.8 Å². The second-order valence-electron chi connectivity index (χ2n) is 5.25. The molecule has 0 radical (unpaired) electrons. The monoisotopic (exact) mass is 281 g/mol. The van der Waals surface area contributed by atoms with Crippen LogP contribution in [0.2, 0.25) is 0 Å². The molecule has 0 saturated carbocycles. The number of thioether (sulfide) groups is 1. The summed E-state index contributed by atoms with van der Waals surface area (Å²) in [7, 11) is 1.88. The van der Waals surface area contributed by atoms with Crippen molar-refractivity contribution in [3.05, 3.63) is 29.8 Å². The van der Waals surface area contributed by atoms with Crippen molar-refractivity contribution in [3.8, 4) is 0 Å². The van der Waals surface area contributed by atoms with Gasteiger partial charge in [0.2, 0.25) is 0 Å². The zero-order chi connectivity index (χ0) is 14.4. The van der Waals surface area contributed by atoms with E-state index in [-0.39, 0.29) is 0 Å². The normalized spacial score (nSPS) is 12.9. The molecule has 0 amide bonds. The van der Waals surface area contributed by atoms with Gasteiger partial charge in [-0.05, 0) is 43.3 Å². The van der Waals surface area contributed by atoms with Crippen LogP contribution in [0.15, 0.2) is 29.2 Å². The molecule has 0 aliphatic rings. The van der Waals surface area contributed by atoms with Gasteiger partial charge in [0.1, 0.15) is 6.04 Å². The van der Waals surface area contributed by atoms with E-state index < -0.39 is 12.0 Å². The molecule has 0 saturated heterocycles. The summed E-state index contributed by atoms with van der Waals surface area (Å²) in [5.41, 5.74) is 1.15. The Labute approximate surface area is 120 Å². The number of aliphatic carboxylic acids is 1. The van der Waals surface area contributed by atoms with Crippen molar-refractivity contribution in [1.29, 1.82) is 0 Å². The summed E-state index contributed by atoms with van der Waals surface area (Å²) < 4.78 is 0. The van der Waals surface area contributed by atoms with Gasteiger partial charge in [-0.3, -0.25) is 9.69 Å². The molecule has 1 unspecified atom stereocenters. The first kappa shape index (κ1) is 16.1. The molecular weight excluding hydrogens is 258 g/mol. The lowest BCUT2D eigenvalue weighted by molar-refractivity contribution is -0.143. The number of carboxylic acids is 1. The molecule has 0 heterocycles. The lowest BCUT2D eigenvalue weighted by atomic mass is 10.0. The Morgan fingerprint density at radius 3 is 2.32 bits per heavy atom. The predicted octanol–water partition coefficient (Wildman–Crippen LogP) is 3.34. The molecule has 0 aliphatic heterocycles. The smallest absolute Gasteiger partial charge is 0.320 e. The molecule has 19 heavy (non-hydrogen) atoms. The van der Waals surface area contributed by atoms with Crippen molar-refractivity contribution < 1.29 is 9.90 Å². The van der Waals surface area contributed by atoms with Crippen molar-refractivity contribution in [1.82, 2.24) is 4.90 Å². The van der Waals surface area contributed by atoms with Gasteiger partial charge in [0, 0.05) is 11.4 Å². The molecule has 0 spiro atoms. The summed E-state index contributed by atoms with van der Waals surface area (Å²) in [6, 6.07) is 7.87. The number of likely N-dealkylation sites (N-methyl/N-ethyl adjacent to an activating group) is 1. The molecule has 1 aromatic carbocycles. The van der Waals surface area contributed by atoms with Crippen LogP contribution in [0, 0.1) is 5.92 Å². The van der Waals surface area contributed by atoms with Crippen molar-refractivity contribution >= 4 is 17.7 Å². The number of carbonyl (C=O) groups is 1. The van der Waals surface area contributed by atoms with Gasteiger partial charge >= 0.3 is 5.97 Å². The fourth-order valence-corrected chi connectivity index (χ4v) is 2.45. The third-order valence-corrected chi connectivity index (χ3v) is 3.85. The number of hydrogen-bond acceptors (Lipinski definition) is 3. The van der Waals surface area contributed by atoms with Crippen LogP contribution in [0.5, 0.6) is 0 Å². The van der Waals surface area contributed by atoms with Crippen molar-refractivity contribution in [3.63, 3.8) is 0 Å². The fraction of sp³-hybridized carbons (Fsp3) is 0.533. The molecule has 3 nitrogen and oxygen atoms in total. The lowest BCUT2D eigenvalue weighted by Gasteiger charge is -2.26. The minimum atomic E-state index is -0.739. The zero-order valence-corrected chi connectivity index (χ0v) is 12.9. The SMILES string of the molecule is CSc1ccc(CN(C)C(CC(C)C)C(=O)O)cc1. The minimum Gasteiger partial charge on any atom is -0.480 e. The Morgan fingerprint density at radius 1 is 1.32 bits per heavy atom. The summed E-state index contributed by atoms with van der Waals surface area (Å²) in [5.74, 6) is -0.362. The van der Waals surface area contributed by atoms with Crippen LogP contribution in [0.4, 0.5) is 0 Å². The summed E-state index contributed by atoms with van der Waals surface area (Å²) in [6.45, 7) is 4.77. The van der Waals surface area contributed by atoms with Crippen LogP contribution in [0.1, 0.15) is 25.8 Å². The fourth-order valence-electron chi connectivity index (χ4n) is 2.04. The first-order valence-electron chi connectivity index (χ1n) is 6.50. The molecule has 1 aromatic rings. The second kappa shape index (κ2) is 7.56. The largest absolute Gasteiger partial charge is 0.480 e. The maximum Gasteiger partial charge on any atom is 0.320 e. The lowest BCUT2D eigenvalue weighted by Crippen LogP contribution is -2.39. The average Bonchev–Trinajstić information content (AvgIpc) is 2.36. The molecule has 0 fully saturated rings. The molecule has 0 aromatic heterocycles. The Kier molecular flexibility index (Phi) is 6.38. The maximum atomic E-state index is 11.3. The highest BCUT2D eigenvalue weighted by atomic mass is 32.2. The van der Waals surface area contributed by atoms with Gasteiger partial charge in [0.25, 0.3) is 0 Å². The molecule has 4 heteroatoms. The van der Waals surface area contributed by atoms with Crippen LogP contribution >= 0.6 is 11.8 Å². The Morgan fingerprint density at radius 2 is 1.89 bits per heavy atom. The molecule has 1 N–H and O–H groups in total. The summed E-state index contributed by atoms with van der Waals surface area (Å²) in [6.07, 6.45) is 2.72. The average molecular weight is 281 g/mol. The van der Waals surface area contributed by atoms with Gasteiger partial charge in [-0.15, -0.1) is 11.8 Å². The topological polar surface area (TPSA) is 40.5 Å². The van der Waals surface area contributed by atoms with E-state index in [0.29, 0.717) is 18.9 Å². The number of rotatable bonds is 7. The second-order valence-corrected chi connectivity index (χ2v) is 6.13. The van der Waals surface area contributed by atoms with Gasteiger partial charge < -0.3 is 5.11 Å². The van der Waals surface area contributed by atoms with Gasteiger partial charge in [-0.2, -0.15) is 0 Å². The molecule has 0 bridgehead atoms. The zero-order valence-electron chi connectivity index (χ0n) is 12.1. The molecule has 106 valence electrons. The van der Waals surface area contributed by atoms with E-state index in [0.717, 1.165) is 5.56 Å². The molecule has 1 rings (SSSR count). The van der Waals surface area contributed by atoms with Gasteiger partial charge in [-0.1, -0.05) is 26.0 Å². The highest BCUT2D eigenvalue weighted by Gasteiger charge is 2.23. The van der Waals surface area contributed by atoms with Crippen LogP contribution in [-0.2, 0) is 11.3 Å². The summed E-state index contributed by atoms with van der Waals surface area (Å²) >= 11 is 1.71. The number of nitrogens with zero attached hydrogens (tertiary/aromatic N) is 1. The molecule has 1 atom stereocenters. The number of hydrogen-bond donors (Lipinski definition) is 1. The van der Waals surface area contributed by atoms with Gasteiger partial charge in [0.15, 0.2) is 0 Å². The van der Waals surface area contributed by atoms with E-state index in [1.165, 1.54) is 4.90 Å². The van der Waals surface area contributed by atoms with Crippen LogP contribution < -0.4 is 0 Å². The Bertz CT molecular complexity index is 403. The third kappa shape index (κ3) is 5.25. The van der Waals surface area contributed by atoms with Crippen molar-refractivity contribution in [2.24, 2.45) is 5.92 Å². The Balaban J connectivity index is 2.69.